The molecule has 1 aromatic carbocycles. The van der Waals surface area contributed by atoms with Crippen LogP contribution in [0, 0.1) is 5.41 Å². The summed E-state index contributed by atoms with van der Waals surface area (Å²) in [5.74, 6) is 0.768. The quantitative estimate of drug-likeness (QED) is 0.802. The second-order valence-electron chi connectivity index (χ2n) is 6.67. The minimum atomic E-state index is -0.0606. The fourth-order valence-electron chi connectivity index (χ4n) is 3.77. The Morgan fingerprint density at radius 2 is 2.21 bits per heavy atom. The van der Waals surface area contributed by atoms with Crippen molar-refractivity contribution in [1.29, 1.82) is 0 Å². The number of ether oxygens (including phenoxy) is 3. The minimum Gasteiger partial charge on any atom is -0.484 e. The lowest BCUT2D eigenvalue weighted by Crippen LogP contribution is -2.58. The Labute approximate surface area is 143 Å². The number of rotatable bonds is 6. The smallest absolute Gasteiger partial charge is 0.260 e. The summed E-state index contributed by atoms with van der Waals surface area (Å²) >= 11 is 0. The average molecular weight is 333 g/mol. The van der Waals surface area contributed by atoms with E-state index < -0.39 is 0 Å². The molecule has 2 heterocycles. The van der Waals surface area contributed by atoms with Crippen LogP contribution in [0.3, 0.4) is 0 Å². The molecule has 2 aliphatic rings. The van der Waals surface area contributed by atoms with Crippen molar-refractivity contribution < 1.29 is 19.0 Å². The molecule has 3 rings (SSSR count). The third-order valence-electron chi connectivity index (χ3n) is 5.04. The molecule has 2 atom stereocenters. The van der Waals surface area contributed by atoms with Gasteiger partial charge in [0.2, 0.25) is 0 Å². The molecule has 2 aliphatic heterocycles. The van der Waals surface area contributed by atoms with E-state index in [1.807, 2.05) is 42.2 Å². The van der Waals surface area contributed by atoms with Gasteiger partial charge in [0.25, 0.3) is 5.91 Å². The zero-order valence-electron chi connectivity index (χ0n) is 14.4. The van der Waals surface area contributed by atoms with Crippen LogP contribution >= 0.6 is 0 Å². The molecule has 0 unspecified atom stereocenters. The molecular formula is C19H27NO4. The van der Waals surface area contributed by atoms with E-state index in [9.17, 15) is 4.79 Å². The second kappa shape index (κ2) is 7.99. The Kier molecular flexibility index (Phi) is 5.74. The van der Waals surface area contributed by atoms with Crippen LogP contribution in [0.25, 0.3) is 0 Å². The normalized spacial score (nSPS) is 26.7. The lowest BCUT2D eigenvalue weighted by molar-refractivity contribution is -0.165. The number of piperidine rings is 1. The summed E-state index contributed by atoms with van der Waals surface area (Å²) < 4.78 is 17.3. The molecule has 0 aromatic heterocycles. The van der Waals surface area contributed by atoms with E-state index in [-0.39, 0.29) is 24.0 Å². The van der Waals surface area contributed by atoms with E-state index in [0.29, 0.717) is 19.8 Å². The van der Waals surface area contributed by atoms with Crippen LogP contribution < -0.4 is 4.74 Å². The first-order valence-electron chi connectivity index (χ1n) is 8.88. The number of likely N-dealkylation sites (tertiary alicyclic amines) is 1. The molecule has 1 amide bonds. The topological polar surface area (TPSA) is 48.0 Å². The lowest BCUT2D eigenvalue weighted by atomic mass is 9.73. The summed E-state index contributed by atoms with van der Waals surface area (Å²) in [5.41, 5.74) is -0.0606. The standard InChI is InChI=1S/C19H27NO4/c1-2-22-15-19-10-6-12-23-17(19)9-11-20(14-19)18(21)13-24-16-7-4-3-5-8-16/h3-5,7-8,17H,2,6,9-15H2,1H3/t17-,19-/m1/s1. The van der Waals surface area contributed by atoms with Crippen molar-refractivity contribution in [2.45, 2.75) is 32.3 Å². The van der Waals surface area contributed by atoms with Crippen molar-refractivity contribution in [2.24, 2.45) is 5.41 Å². The van der Waals surface area contributed by atoms with E-state index in [4.69, 9.17) is 14.2 Å². The van der Waals surface area contributed by atoms with Crippen molar-refractivity contribution in [1.82, 2.24) is 4.90 Å². The van der Waals surface area contributed by atoms with E-state index in [0.717, 1.165) is 38.2 Å². The number of carbonyl (C=O) groups is 1. The lowest BCUT2D eigenvalue weighted by Gasteiger charge is -2.50. The third-order valence-corrected chi connectivity index (χ3v) is 5.04. The molecule has 24 heavy (non-hydrogen) atoms. The van der Waals surface area contributed by atoms with Gasteiger partial charge in [-0.2, -0.15) is 0 Å². The van der Waals surface area contributed by atoms with Gasteiger partial charge in [-0.1, -0.05) is 18.2 Å². The summed E-state index contributed by atoms with van der Waals surface area (Å²) in [6.45, 7) is 5.71. The number of amides is 1. The summed E-state index contributed by atoms with van der Waals surface area (Å²) in [6.07, 6.45) is 3.17. The molecule has 0 radical (unpaired) electrons. The number of benzene rings is 1. The highest BCUT2D eigenvalue weighted by molar-refractivity contribution is 5.78. The Hall–Kier alpha value is -1.59. The molecule has 0 aliphatic carbocycles. The Bertz CT molecular complexity index is 535. The van der Waals surface area contributed by atoms with Gasteiger partial charge in [0.05, 0.1) is 12.7 Å². The third kappa shape index (κ3) is 3.90. The van der Waals surface area contributed by atoms with E-state index >= 15 is 0 Å². The van der Waals surface area contributed by atoms with E-state index in [1.54, 1.807) is 0 Å². The van der Waals surface area contributed by atoms with Crippen LogP contribution in [-0.2, 0) is 14.3 Å². The number of hydrogen-bond donors (Lipinski definition) is 0. The van der Waals surface area contributed by atoms with Gasteiger partial charge in [0, 0.05) is 31.7 Å². The van der Waals surface area contributed by atoms with Crippen LogP contribution in [-0.4, -0.2) is 56.4 Å². The van der Waals surface area contributed by atoms with Crippen molar-refractivity contribution >= 4 is 5.91 Å². The largest absolute Gasteiger partial charge is 0.484 e. The first kappa shape index (κ1) is 17.2. The highest BCUT2D eigenvalue weighted by Gasteiger charge is 2.47. The summed E-state index contributed by atoms with van der Waals surface area (Å²) in [5, 5.41) is 0. The van der Waals surface area contributed by atoms with Crippen LogP contribution in [0.1, 0.15) is 26.2 Å². The molecule has 5 heteroatoms. The van der Waals surface area contributed by atoms with Crippen molar-refractivity contribution in [3.05, 3.63) is 30.3 Å². The summed E-state index contributed by atoms with van der Waals surface area (Å²) in [4.78, 5) is 14.5. The van der Waals surface area contributed by atoms with Crippen LogP contribution in [0.5, 0.6) is 5.75 Å². The Morgan fingerprint density at radius 3 is 3.00 bits per heavy atom. The summed E-state index contributed by atoms with van der Waals surface area (Å²) in [6, 6.07) is 9.47. The first-order chi connectivity index (χ1) is 11.7. The molecule has 0 spiro atoms. The number of hydrogen-bond acceptors (Lipinski definition) is 4. The van der Waals surface area contributed by atoms with Gasteiger partial charge in [0.1, 0.15) is 5.75 Å². The van der Waals surface area contributed by atoms with Crippen LogP contribution in [0.4, 0.5) is 0 Å². The molecule has 2 saturated heterocycles. The van der Waals surface area contributed by atoms with Crippen molar-refractivity contribution in [3.8, 4) is 5.75 Å². The zero-order chi connectivity index (χ0) is 16.8. The van der Waals surface area contributed by atoms with Gasteiger partial charge in [-0.05, 0) is 38.3 Å². The van der Waals surface area contributed by atoms with Gasteiger partial charge in [-0.15, -0.1) is 0 Å². The van der Waals surface area contributed by atoms with Crippen LogP contribution in [0.15, 0.2) is 30.3 Å². The van der Waals surface area contributed by atoms with Gasteiger partial charge < -0.3 is 19.1 Å². The van der Waals surface area contributed by atoms with Gasteiger partial charge in [0.15, 0.2) is 6.61 Å². The minimum absolute atomic E-state index is 0.0405. The predicted octanol–water partition coefficient (Wildman–Crippen LogP) is 2.50. The maximum Gasteiger partial charge on any atom is 0.260 e. The maximum absolute atomic E-state index is 12.6. The molecular weight excluding hydrogens is 306 g/mol. The zero-order valence-corrected chi connectivity index (χ0v) is 14.4. The summed E-state index contributed by atoms with van der Waals surface area (Å²) in [7, 11) is 0. The molecule has 1 aromatic rings. The molecule has 0 N–H and O–H groups in total. The van der Waals surface area contributed by atoms with Crippen molar-refractivity contribution in [3.63, 3.8) is 0 Å². The first-order valence-corrected chi connectivity index (χ1v) is 8.88. The molecule has 132 valence electrons. The van der Waals surface area contributed by atoms with Crippen LogP contribution in [0.2, 0.25) is 0 Å². The number of fused-ring (bicyclic) bond motifs is 1. The molecule has 0 saturated carbocycles. The number of carbonyl (C=O) groups excluding carboxylic acids is 1. The van der Waals surface area contributed by atoms with Gasteiger partial charge in [-0.25, -0.2) is 0 Å². The predicted molar refractivity (Wildman–Crippen MR) is 91.0 cm³/mol. The van der Waals surface area contributed by atoms with Gasteiger partial charge in [-0.3, -0.25) is 4.79 Å². The monoisotopic (exact) mass is 333 g/mol. The molecule has 0 bridgehead atoms. The van der Waals surface area contributed by atoms with Crippen molar-refractivity contribution in [2.75, 3.05) is 39.5 Å². The fraction of sp³-hybridized carbons (Fsp3) is 0.632. The molecule has 2 fully saturated rings. The SMILES string of the molecule is CCOC[C@]12CCCO[C@@H]1CCN(C(=O)COc1ccccc1)C2. The molecule has 5 nitrogen and oxygen atoms in total. The Morgan fingerprint density at radius 1 is 1.38 bits per heavy atom. The van der Waals surface area contributed by atoms with Gasteiger partial charge >= 0.3 is 0 Å². The number of para-hydroxylation sites is 1. The highest BCUT2D eigenvalue weighted by Crippen LogP contribution is 2.40. The number of nitrogens with zero attached hydrogens (tertiary/aromatic N) is 1. The second-order valence-corrected chi connectivity index (χ2v) is 6.67. The maximum atomic E-state index is 12.6. The average Bonchev–Trinajstić information content (AvgIpc) is 2.65. The van der Waals surface area contributed by atoms with E-state index in [1.165, 1.54) is 0 Å². The van der Waals surface area contributed by atoms with E-state index in [2.05, 4.69) is 0 Å². The Balaban J connectivity index is 1.60. The highest BCUT2D eigenvalue weighted by atomic mass is 16.5. The fourth-order valence-corrected chi connectivity index (χ4v) is 3.77.